The Labute approximate surface area is 50.2 Å². The van der Waals surface area contributed by atoms with Gasteiger partial charge in [-0.3, -0.25) is 0 Å². The minimum Gasteiger partial charge on any atom is -0.309 e. The molecule has 8 heavy (non-hydrogen) atoms. The first-order chi connectivity index (χ1) is 3.91. The number of hydrogen-bond acceptors (Lipinski definition) is 1. The van der Waals surface area contributed by atoms with Crippen LogP contribution in [-0.4, -0.2) is 6.21 Å². The molecule has 0 bridgehead atoms. The van der Waals surface area contributed by atoms with Crippen molar-refractivity contribution in [3.8, 4) is 0 Å². The molecule has 0 aromatic rings. The summed E-state index contributed by atoms with van der Waals surface area (Å²) in [6.45, 7) is 2.08. The van der Waals surface area contributed by atoms with Gasteiger partial charge < -0.3 is 5.41 Å². The van der Waals surface area contributed by atoms with Crippen molar-refractivity contribution in [2.45, 2.75) is 13.3 Å². The second-order valence-electron chi connectivity index (χ2n) is 1.39. The monoisotopic (exact) mass is 109 g/mol. The maximum Gasteiger partial charge on any atom is 0.0177 e. The lowest BCUT2D eigenvalue weighted by Gasteiger charge is -1.71. The predicted octanol–water partition coefficient (Wildman–Crippen LogP) is 2.16. The zero-order valence-electron chi connectivity index (χ0n) is 5.09. The van der Waals surface area contributed by atoms with Crippen molar-refractivity contribution in [2.75, 3.05) is 0 Å². The van der Waals surface area contributed by atoms with E-state index in [0.717, 1.165) is 6.42 Å². The van der Waals surface area contributed by atoms with Gasteiger partial charge in [-0.2, -0.15) is 0 Å². The summed E-state index contributed by atoms with van der Waals surface area (Å²) in [6, 6.07) is 0. The Morgan fingerprint density at radius 3 is 2.50 bits per heavy atom. The predicted molar refractivity (Wildman–Crippen MR) is 37.4 cm³/mol. The molecule has 0 saturated heterocycles. The molecule has 0 spiro atoms. The summed E-state index contributed by atoms with van der Waals surface area (Å²) in [4.78, 5) is 0. The van der Waals surface area contributed by atoms with E-state index in [0.29, 0.717) is 0 Å². The zero-order chi connectivity index (χ0) is 6.24. The Hall–Kier alpha value is -0.850. The summed E-state index contributed by atoms with van der Waals surface area (Å²) in [5.74, 6) is 0. The molecule has 44 valence electrons. The number of hydrogen-bond donors (Lipinski definition) is 1. The molecule has 0 aliphatic carbocycles. The first-order valence-electron chi connectivity index (χ1n) is 2.74. The maximum atomic E-state index is 6.59. The molecule has 0 aliphatic heterocycles. The standard InChI is InChI=1S/C7H11N/c1-2-3-4-5-6-7-8/h3-8H,2H2,1H3/b4-3-,6-5-,8-7?. The highest BCUT2D eigenvalue weighted by Crippen LogP contribution is 1.79. The fourth-order valence-corrected chi connectivity index (χ4v) is 0.334. The third-order valence-corrected chi connectivity index (χ3v) is 0.690. The molecule has 0 saturated carbocycles. The Morgan fingerprint density at radius 2 is 2.00 bits per heavy atom. The van der Waals surface area contributed by atoms with Gasteiger partial charge in [-0.25, -0.2) is 0 Å². The third kappa shape index (κ3) is 5.15. The molecule has 1 N–H and O–H groups in total. The molecule has 1 nitrogen and oxygen atoms in total. The Morgan fingerprint density at radius 1 is 1.25 bits per heavy atom. The summed E-state index contributed by atoms with van der Waals surface area (Å²) >= 11 is 0. The number of nitrogens with one attached hydrogen (secondary N) is 1. The lowest BCUT2D eigenvalue weighted by atomic mass is 10.4. The first kappa shape index (κ1) is 7.15. The topological polar surface area (TPSA) is 23.9 Å². The van der Waals surface area contributed by atoms with Crippen molar-refractivity contribution < 1.29 is 0 Å². The van der Waals surface area contributed by atoms with Crippen molar-refractivity contribution in [1.82, 2.24) is 0 Å². The van der Waals surface area contributed by atoms with E-state index < -0.39 is 0 Å². The fraction of sp³-hybridized carbons (Fsp3) is 0.286. The van der Waals surface area contributed by atoms with E-state index in [1.807, 2.05) is 18.2 Å². The molecule has 0 heterocycles. The lowest BCUT2D eigenvalue weighted by molar-refractivity contribution is 1.22. The van der Waals surface area contributed by atoms with Crippen LogP contribution in [-0.2, 0) is 0 Å². The van der Waals surface area contributed by atoms with E-state index >= 15 is 0 Å². The molecule has 0 radical (unpaired) electrons. The van der Waals surface area contributed by atoms with Gasteiger partial charge in [-0.15, -0.1) is 0 Å². The van der Waals surface area contributed by atoms with Crippen LogP contribution in [0.25, 0.3) is 0 Å². The van der Waals surface area contributed by atoms with Gasteiger partial charge in [0, 0.05) is 6.21 Å². The molecule has 0 aromatic heterocycles. The molecule has 0 amide bonds. The average Bonchev–Trinajstić information content (AvgIpc) is 1.81. The van der Waals surface area contributed by atoms with Crippen LogP contribution in [0.5, 0.6) is 0 Å². The quantitative estimate of drug-likeness (QED) is 0.424. The summed E-state index contributed by atoms with van der Waals surface area (Å²) < 4.78 is 0. The van der Waals surface area contributed by atoms with E-state index in [-0.39, 0.29) is 0 Å². The van der Waals surface area contributed by atoms with Crippen LogP contribution in [0.1, 0.15) is 13.3 Å². The van der Waals surface area contributed by atoms with Gasteiger partial charge in [0.2, 0.25) is 0 Å². The molecule has 0 aromatic carbocycles. The van der Waals surface area contributed by atoms with Crippen molar-refractivity contribution in [3.05, 3.63) is 24.3 Å². The van der Waals surface area contributed by atoms with E-state index in [4.69, 9.17) is 5.41 Å². The summed E-state index contributed by atoms with van der Waals surface area (Å²) in [5, 5.41) is 6.59. The van der Waals surface area contributed by atoms with Gasteiger partial charge in [0.05, 0.1) is 0 Å². The van der Waals surface area contributed by atoms with E-state index in [9.17, 15) is 0 Å². The molecule has 0 fully saturated rings. The van der Waals surface area contributed by atoms with Gasteiger partial charge >= 0.3 is 0 Å². The van der Waals surface area contributed by atoms with Crippen molar-refractivity contribution in [2.24, 2.45) is 0 Å². The Kier molecular flexibility index (Phi) is 5.50. The Bertz CT molecular complexity index is 101. The van der Waals surface area contributed by atoms with Crippen LogP contribution in [0.15, 0.2) is 24.3 Å². The first-order valence-corrected chi connectivity index (χ1v) is 2.74. The minimum atomic E-state index is 1.06. The van der Waals surface area contributed by atoms with Crippen molar-refractivity contribution in [3.63, 3.8) is 0 Å². The second kappa shape index (κ2) is 6.15. The molecule has 0 aliphatic rings. The molecular formula is C7H11N. The van der Waals surface area contributed by atoms with Crippen LogP contribution in [0.3, 0.4) is 0 Å². The maximum absolute atomic E-state index is 6.59. The zero-order valence-corrected chi connectivity index (χ0v) is 5.09. The van der Waals surface area contributed by atoms with E-state index in [1.54, 1.807) is 6.08 Å². The highest BCUT2D eigenvalue weighted by molar-refractivity contribution is 5.68. The van der Waals surface area contributed by atoms with Gasteiger partial charge in [0.1, 0.15) is 0 Å². The highest BCUT2D eigenvalue weighted by atomic mass is 14.3. The number of allylic oxidation sites excluding steroid dienone is 4. The SMILES string of the molecule is CC/C=C\C=C/C=N. The molecular weight excluding hydrogens is 98.1 g/mol. The van der Waals surface area contributed by atoms with Gasteiger partial charge in [-0.1, -0.05) is 25.2 Å². The fourth-order valence-electron chi connectivity index (χ4n) is 0.334. The average molecular weight is 109 g/mol. The largest absolute Gasteiger partial charge is 0.309 e. The third-order valence-electron chi connectivity index (χ3n) is 0.690. The minimum absolute atomic E-state index is 1.06. The number of rotatable bonds is 3. The molecule has 0 rings (SSSR count). The Balaban J connectivity index is 3.26. The van der Waals surface area contributed by atoms with Crippen LogP contribution >= 0.6 is 0 Å². The van der Waals surface area contributed by atoms with Gasteiger partial charge in [-0.05, 0) is 12.5 Å². The van der Waals surface area contributed by atoms with Crippen LogP contribution in [0, 0.1) is 5.41 Å². The van der Waals surface area contributed by atoms with Gasteiger partial charge in [0.15, 0.2) is 0 Å². The van der Waals surface area contributed by atoms with E-state index in [2.05, 4.69) is 6.92 Å². The summed E-state index contributed by atoms with van der Waals surface area (Å²) in [5.41, 5.74) is 0. The van der Waals surface area contributed by atoms with E-state index in [1.165, 1.54) is 6.21 Å². The molecule has 1 heteroatoms. The summed E-state index contributed by atoms with van der Waals surface area (Å²) in [7, 11) is 0. The summed E-state index contributed by atoms with van der Waals surface area (Å²) in [6.07, 6.45) is 9.83. The van der Waals surface area contributed by atoms with Crippen LogP contribution in [0.4, 0.5) is 0 Å². The molecule has 0 unspecified atom stereocenters. The smallest absolute Gasteiger partial charge is 0.0177 e. The van der Waals surface area contributed by atoms with Crippen molar-refractivity contribution >= 4 is 6.21 Å². The van der Waals surface area contributed by atoms with Crippen LogP contribution in [0.2, 0.25) is 0 Å². The molecule has 0 atom stereocenters. The highest BCUT2D eigenvalue weighted by Gasteiger charge is 1.59. The second-order valence-corrected chi connectivity index (χ2v) is 1.39. The van der Waals surface area contributed by atoms with Crippen molar-refractivity contribution in [1.29, 1.82) is 5.41 Å². The lowest BCUT2D eigenvalue weighted by Crippen LogP contribution is -1.54. The normalized spacial score (nSPS) is 11.1. The van der Waals surface area contributed by atoms with Crippen LogP contribution < -0.4 is 0 Å². The van der Waals surface area contributed by atoms with Gasteiger partial charge in [0.25, 0.3) is 0 Å².